The third-order valence-electron chi connectivity index (χ3n) is 5.67. The van der Waals surface area contributed by atoms with Crippen molar-refractivity contribution in [3.05, 3.63) is 52.2 Å². The van der Waals surface area contributed by atoms with E-state index in [2.05, 4.69) is 4.90 Å². The average molecular weight is 369 g/mol. The molecule has 2 amide bonds. The molecule has 136 valence electrons. The Balaban J connectivity index is 1.54. The van der Waals surface area contributed by atoms with Gasteiger partial charge in [0.2, 0.25) is 5.91 Å². The van der Waals surface area contributed by atoms with Crippen LogP contribution < -0.4 is 4.90 Å². The van der Waals surface area contributed by atoms with Crippen molar-refractivity contribution in [2.45, 2.75) is 18.9 Å². The highest BCUT2D eigenvalue weighted by atomic mass is 32.1. The Morgan fingerprint density at radius 3 is 2.62 bits per heavy atom. The SMILES string of the molecule is Cc1ccc(C(=O)N2CC[C@@]3(C2)CN(c2ccsc2)C(=O)CN3C)cc1. The van der Waals surface area contributed by atoms with Crippen molar-refractivity contribution in [3.8, 4) is 0 Å². The monoisotopic (exact) mass is 369 g/mol. The molecule has 1 aromatic heterocycles. The summed E-state index contributed by atoms with van der Waals surface area (Å²) in [6.07, 6.45) is 0.884. The maximum Gasteiger partial charge on any atom is 0.253 e. The quantitative estimate of drug-likeness (QED) is 0.817. The normalized spacial score (nSPS) is 23.8. The summed E-state index contributed by atoms with van der Waals surface area (Å²) in [5.74, 6) is 0.203. The molecular formula is C20H23N3O2S. The molecule has 0 radical (unpaired) electrons. The Labute approximate surface area is 157 Å². The number of aryl methyl sites for hydroxylation is 1. The number of likely N-dealkylation sites (tertiary alicyclic amines) is 1. The van der Waals surface area contributed by atoms with Gasteiger partial charge in [0.05, 0.1) is 17.8 Å². The summed E-state index contributed by atoms with van der Waals surface area (Å²) in [4.78, 5) is 31.4. The number of anilines is 1. The van der Waals surface area contributed by atoms with Gasteiger partial charge in [0.15, 0.2) is 0 Å². The lowest BCUT2D eigenvalue weighted by Gasteiger charge is -2.46. The number of benzene rings is 1. The van der Waals surface area contributed by atoms with Crippen LogP contribution in [0.1, 0.15) is 22.3 Å². The molecule has 0 aliphatic carbocycles. The number of piperazine rings is 1. The van der Waals surface area contributed by atoms with Crippen LogP contribution in [0.4, 0.5) is 5.69 Å². The van der Waals surface area contributed by atoms with Crippen LogP contribution in [0.25, 0.3) is 0 Å². The molecule has 26 heavy (non-hydrogen) atoms. The summed E-state index contributed by atoms with van der Waals surface area (Å²) >= 11 is 1.60. The summed E-state index contributed by atoms with van der Waals surface area (Å²) in [7, 11) is 2.00. The summed E-state index contributed by atoms with van der Waals surface area (Å²) in [6.45, 7) is 4.43. The van der Waals surface area contributed by atoms with Gasteiger partial charge in [0.25, 0.3) is 5.91 Å². The molecule has 1 atom stereocenters. The number of hydrogen-bond acceptors (Lipinski definition) is 4. The number of likely N-dealkylation sites (N-methyl/N-ethyl adjacent to an activating group) is 1. The summed E-state index contributed by atoms with van der Waals surface area (Å²) in [5.41, 5.74) is 2.68. The fourth-order valence-corrected chi connectivity index (χ4v) is 4.60. The molecule has 0 saturated carbocycles. The van der Waals surface area contributed by atoms with Gasteiger partial charge in [-0.1, -0.05) is 17.7 Å². The summed E-state index contributed by atoms with van der Waals surface area (Å²) in [6, 6.07) is 9.74. The van der Waals surface area contributed by atoms with E-state index in [4.69, 9.17) is 0 Å². The Bertz CT molecular complexity index is 818. The number of rotatable bonds is 2. The van der Waals surface area contributed by atoms with E-state index in [1.165, 1.54) is 0 Å². The lowest BCUT2D eigenvalue weighted by atomic mass is 9.93. The van der Waals surface area contributed by atoms with Crippen molar-refractivity contribution in [2.24, 2.45) is 0 Å². The van der Waals surface area contributed by atoms with Gasteiger partial charge in [-0.3, -0.25) is 14.5 Å². The molecule has 2 fully saturated rings. The first-order valence-corrected chi connectivity index (χ1v) is 9.83. The number of nitrogens with zero attached hydrogens (tertiary/aromatic N) is 3. The Morgan fingerprint density at radius 2 is 1.92 bits per heavy atom. The first-order valence-electron chi connectivity index (χ1n) is 8.88. The van der Waals surface area contributed by atoms with Crippen molar-refractivity contribution >= 4 is 28.8 Å². The van der Waals surface area contributed by atoms with Gasteiger partial charge in [-0.05, 0) is 44.0 Å². The smallest absolute Gasteiger partial charge is 0.253 e. The molecule has 6 heteroatoms. The van der Waals surface area contributed by atoms with Crippen LogP contribution in [-0.4, -0.2) is 60.4 Å². The van der Waals surface area contributed by atoms with Crippen LogP contribution in [0, 0.1) is 6.92 Å². The second-order valence-electron chi connectivity index (χ2n) is 7.38. The van der Waals surface area contributed by atoms with E-state index in [1.807, 2.05) is 64.9 Å². The van der Waals surface area contributed by atoms with Crippen molar-refractivity contribution in [1.82, 2.24) is 9.80 Å². The van der Waals surface area contributed by atoms with Gasteiger partial charge in [0, 0.05) is 30.6 Å². The van der Waals surface area contributed by atoms with E-state index >= 15 is 0 Å². The number of amides is 2. The summed E-state index contributed by atoms with van der Waals surface area (Å²) in [5, 5.41) is 4.01. The molecule has 2 saturated heterocycles. The predicted molar refractivity (Wildman–Crippen MR) is 104 cm³/mol. The largest absolute Gasteiger partial charge is 0.337 e. The van der Waals surface area contributed by atoms with Crippen LogP contribution >= 0.6 is 11.3 Å². The van der Waals surface area contributed by atoms with Gasteiger partial charge >= 0.3 is 0 Å². The molecular weight excluding hydrogens is 346 g/mol. The number of carbonyl (C=O) groups excluding carboxylic acids is 2. The summed E-state index contributed by atoms with van der Waals surface area (Å²) < 4.78 is 0. The highest BCUT2D eigenvalue weighted by Crippen LogP contribution is 2.34. The average Bonchev–Trinajstić information content (AvgIpc) is 3.29. The van der Waals surface area contributed by atoms with E-state index in [0.717, 1.165) is 29.8 Å². The maximum atomic E-state index is 12.9. The molecule has 3 heterocycles. The van der Waals surface area contributed by atoms with E-state index in [-0.39, 0.29) is 17.4 Å². The minimum absolute atomic E-state index is 0.0780. The van der Waals surface area contributed by atoms with Crippen LogP contribution in [-0.2, 0) is 4.79 Å². The van der Waals surface area contributed by atoms with Crippen LogP contribution in [0.3, 0.4) is 0 Å². The van der Waals surface area contributed by atoms with Gasteiger partial charge in [-0.2, -0.15) is 11.3 Å². The zero-order chi connectivity index (χ0) is 18.3. The number of carbonyl (C=O) groups is 2. The highest BCUT2D eigenvalue weighted by Gasteiger charge is 2.48. The fraction of sp³-hybridized carbons (Fsp3) is 0.400. The zero-order valence-electron chi connectivity index (χ0n) is 15.1. The van der Waals surface area contributed by atoms with Crippen LogP contribution in [0.5, 0.6) is 0 Å². The van der Waals surface area contributed by atoms with Crippen LogP contribution in [0.15, 0.2) is 41.1 Å². The van der Waals surface area contributed by atoms with Gasteiger partial charge < -0.3 is 9.80 Å². The first-order chi connectivity index (χ1) is 12.5. The molecule has 2 aliphatic heterocycles. The van der Waals surface area contributed by atoms with Gasteiger partial charge in [-0.15, -0.1) is 0 Å². The Kier molecular flexibility index (Phi) is 4.32. The van der Waals surface area contributed by atoms with Gasteiger partial charge in [0.1, 0.15) is 0 Å². The number of thiophene rings is 1. The maximum absolute atomic E-state index is 12.9. The molecule has 2 aliphatic rings. The molecule has 0 bridgehead atoms. The molecule has 0 N–H and O–H groups in total. The fourth-order valence-electron chi connectivity index (χ4n) is 3.95. The minimum atomic E-state index is -0.170. The standard InChI is InChI=1S/C20H23N3O2S/c1-15-3-5-16(6-4-15)19(25)22-9-8-20(13-22)14-23(17-7-10-26-12-17)18(24)11-21(20)2/h3-7,10,12H,8-9,11,13-14H2,1-2H3/t20-/m1/s1. The number of hydrogen-bond donors (Lipinski definition) is 0. The van der Waals surface area contributed by atoms with Crippen molar-refractivity contribution in [1.29, 1.82) is 0 Å². The minimum Gasteiger partial charge on any atom is -0.337 e. The Morgan fingerprint density at radius 1 is 1.15 bits per heavy atom. The van der Waals surface area contributed by atoms with Crippen LogP contribution in [0.2, 0.25) is 0 Å². The van der Waals surface area contributed by atoms with Gasteiger partial charge in [-0.25, -0.2) is 0 Å². The molecule has 1 spiro atoms. The second kappa shape index (κ2) is 6.52. The van der Waals surface area contributed by atoms with E-state index in [9.17, 15) is 9.59 Å². The first kappa shape index (κ1) is 17.2. The lowest BCUT2D eigenvalue weighted by Crippen LogP contribution is -2.64. The lowest BCUT2D eigenvalue weighted by molar-refractivity contribution is -0.123. The highest BCUT2D eigenvalue weighted by molar-refractivity contribution is 7.08. The van der Waals surface area contributed by atoms with Crippen molar-refractivity contribution < 1.29 is 9.59 Å². The molecule has 5 nitrogen and oxygen atoms in total. The van der Waals surface area contributed by atoms with Crippen molar-refractivity contribution in [2.75, 3.05) is 38.1 Å². The predicted octanol–water partition coefficient (Wildman–Crippen LogP) is 2.62. The zero-order valence-corrected chi connectivity index (χ0v) is 16.0. The van der Waals surface area contributed by atoms with E-state index < -0.39 is 0 Å². The molecule has 4 rings (SSSR count). The van der Waals surface area contributed by atoms with E-state index in [1.54, 1.807) is 11.3 Å². The van der Waals surface area contributed by atoms with Crippen molar-refractivity contribution in [3.63, 3.8) is 0 Å². The molecule has 2 aromatic rings. The third-order valence-corrected chi connectivity index (χ3v) is 6.34. The second-order valence-corrected chi connectivity index (χ2v) is 8.16. The third kappa shape index (κ3) is 2.93. The molecule has 1 aromatic carbocycles. The van der Waals surface area contributed by atoms with E-state index in [0.29, 0.717) is 19.6 Å². The topological polar surface area (TPSA) is 43.9 Å². The Hall–Kier alpha value is -2.18. The molecule has 0 unspecified atom stereocenters.